The Bertz CT molecular complexity index is 1230. The third kappa shape index (κ3) is 2.40. The molecule has 1 aromatic heterocycles. The standard InChI is InChI=1S/C23H19ClN4O2/c1-3-10-27-20-14(2)6-4-9-17(20)23(22(27)30)12-19(29)26-21-18(23)13-25-28(21)16-8-5-7-15(24)11-16/h3-9,11,13H,1,10,12H2,2H3,(H,26,29)/t23-/m0/s1. The van der Waals surface area contributed by atoms with Crippen molar-refractivity contribution < 1.29 is 9.59 Å². The summed E-state index contributed by atoms with van der Waals surface area (Å²) in [5.74, 6) is 0.135. The summed E-state index contributed by atoms with van der Waals surface area (Å²) in [4.78, 5) is 28.4. The van der Waals surface area contributed by atoms with Gasteiger partial charge in [0, 0.05) is 23.6 Å². The number of nitrogens with zero attached hydrogens (tertiary/aromatic N) is 3. The summed E-state index contributed by atoms with van der Waals surface area (Å²) in [6, 6.07) is 13.0. The molecule has 3 heterocycles. The molecule has 3 aromatic rings. The molecule has 2 aromatic carbocycles. The van der Waals surface area contributed by atoms with Crippen LogP contribution in [0.25, 0.3) is 5.69 Å². The molecule has 5 rings (SSSR count). The van der Waals surface area contributed by atoms with Gasteiger partial charge in [-0.15, -0.1) is 6.58 Å². The van der Waals surface area contributed by atoms with Gasteiger partial charge in [0.25, 0.3) is 0 Å². The van der Waals surface area contributed by atoms with Gasteiger partial charge in [0.2, 0.25) is 11.8 Å². The van der Waals surface area contributed by atoms with Crippen LogP contribution in [0.4, 0.5) is 11.5 Å². The Labute approximate surface area is 178 Å². The van der Waals surface area contributed by atoms with Gasteiger partial charge in [0.15, 0.2) is 0 Å². The first kappa shape index (κ1) is 18.6. The van der Waals surface area contributed by atoms with Gasteiger partial charge in [-0.05, 0) is 36.2 Å². The zero-order chi connectivity index (χ0) is 21.0. The number of amides is 2. The minimum atomic E-state index is -1.11. The normalized spacial score (nSPS) is 19.6. The molecule has 2 aliphatic heterocycles. The number of nitrogens with one attached hydrogen (secondary N) is 1. The molecule has 30 heavy (non-hydrogen) atoms. The molecule has 2 amide bonds. The molecule has 0 saturated carbocycles. The molecule has 0 radical (unpaired) electrons. The van der Waals surface area contributed by atoms with Crippen LogP contribution in [0.2, 0.25) is 5.02 Å². The number of hydrogen-bond donors (Lipinski definition) is 1. The van der Waals surface area contributed by atoms with Crippen LogP contribution in [0.3, 0.4) is 0 Å². The topological polar surface area (TPSA) is 67.2 Å². The summed E-state index contributed by atoms with van der Waals surface area (Å²) in [7, 11) is 0. The molecule has 1 N–H and O–H groups in total. The maximum atomic E-state index is 13.8. The average Bonchev–Trinajstić information content (AvgIpc) is 3.23. The van der Waals surface area contributed by atoms with E-state index in [4.69, 9.17) is 11.6 Å². The van der Waals surface area contributed by atoms with E-state index in [1.165, 1.54) is 0 Å². The van der Waals surface area contributed by atoms with Gasteiger partial charge in [-0.25, -0.2) is 4.68 Å². The number of benzene rings is 2. The number of halogens is 1. The first-order valence-electron chi connectivity index (χ1n) is 9.64. The van der Waals surface area contributed by atoms with Crippen molar-refractivity contribution in [3.8, 4) is 5.69 Å². The van der Waals surface area contributed by atoms with Crippen molar-refractivity contribution in [1.29, 1.82) is 0 Å². The van der Waals surface area contributed by atoms with Gasteiger partial charge in [-0.2, -0.15) is 5.10 Å². The number of anilines is 2. The van der Waals surface area contributed by atoms with Gasteiger partial charge < -0.3 is 10.2 Å². The van der Waals surface area contributed by atoms with Crippen LogP contribution in [-0.2, 0) is 15.0 Å². The predicted molar refractivity (Wildman–Crippen MR) is 116 cm³/mol. The molecule has 0 saturated heterocycles. The van der Waals surface area contributed by atoms with Crippen LogP contribution >= 0.6 is 11.6 Å². The van der Waals surface area contributed by atoms with Gasteiger partial charge in [0.05, 0.1) is 17.6 Å². The smallest absolute Gasteiger partial charge is 0.243 e. The van der Waals surface area contributed by atoms with E-state index in [-0.39, 0.29) is 18.2 Å². The maximum absolute atomic E-state index is 13.8. The summed E-state index contributed by atoms with van der Waals surface area (Å²) < 4.78 is 1.62. The lowest BCUT2D eigenvalue weighted by molar-refractivity contribution is -0.126. The van der Waals surface area contributed by atoms with Crippen molar-refractivity contribution in [2.45, 2.75) is 18.8 Å². The first-order chi connectivity index (χ1) is 14.5. The number of para-hydroxylation sites is 1. The Morgan fingerprint density at radius 3 is 2.80 bits per heavy atom. The molecular formula is C23H19ClN4O2. The second-order valence-electron chi connectivity index (χ2n) is 7.60. The number of hydrogen-bond acceptors (Lipinski definition) is 3. The minimum Gasteiger partial charge on any atom is -0.310 e. The molecule has 6 nitrogen and oxygen atoms in total. The van der Waals surface area contributed by atoms with Crippen molar-refractivity contribution in [2.24, 2.45) is 0 Å². The molecule has 0 aliphatic carbocycles. The first-order valence-corrected chi connectivity index (χ1v) is 10.0. The summed E-state index contributed by atoms with van der Waals surface area (Å²) in [6.07, 6.45) is 3.41. The molecule has 1 atom stereocenters. The summed E-state index contributed by atoms with van der Waals surface area (Å²) in [5.41, 5.74) is 2.94. The highest BCUT2D eigenvalue weighted by Crippen LogP contribution is 2.53. The van der Waals surface area contributed by atoms with E-state index >= 15 is 0 Å². The van der Waals surface area contributed by atoms with E-state index in [9.17, 15) is 9.59 Å². The number of fused-ring (bicyclic) bond motifs is 4. The van der Waals surface area contributed by atoms with Crippen LogP contribution in [-0.4, -0.2) is 28.1 Å². The summed E-state index contributed by atoms with van der Waals surface area (Å²) in [6.45, 7) is 6.15. The van der Waals surface area contributed by atoms with E-state index in [1.54, 1.807) is 34.0 Å². The zero-order valence-corrected chi connectivity index (χ0v) is 17.1. The van der Waals surface area contributed by atoms with Crippen LogP contribution in [0, 0.1) is 6.92 Å². The molecule has 150 valence electrons. The van der Waals surface area contributed by atoms with Gasteiger partial charge >= 0.3 is 0 Å². The highest BCUT2D eigenvalue weighted by molar-refractivity contribution is 6.30. The van der Waals surface area contributed by atoms with Crippen LogP contribution < -0.4 is 10.2 Å². The molecule has 7 heteroatoms. The lowest BCUT2D eigenvalue weighted by Crippen LogP contribution is -2.46. The number of carbonyl (C=O) groups is 2. The third-order valence-corrected chi connectivity index (χ3v) is 6.09. The fourth-order valence-electron chi connectivity index (χ4n) is 4.64. The van der Waals surface area contributed by atoms with Crippen LogP contribution in [0.5, 0.6) is 0 Å². The molecule has 0 fully saturated rings. The Morgan fingerprint density at radius 1 is 1.23 bits per heavy atom. The molecule has 2 aliphatic rings. The van der Waals surface area contributed by atoms with Crippen molar-refractivity contribution in [3.05, 3.63) is 83.0 Å². The molecule has 0 bridgehead atoms. The summed E-state index contributed by atoms with van der Waals surface area (Å²) in [5, 5.41) is 7.99. The van der Waals surface area contributed by atoms with Crippen molar-refractivity contribution in [3.63, 3.8) is 0 Å². The van der Waals surface area contributed by atoms with Gasteiger partial charge in [0.1, 0.15) is 11.2 Å². The van der Waals surface area contributed by atoms with Crippen LogP contribution in [0.15, 0.2) is 61.3 Å². The zero-order valence-electron chi connectivity index (χ0n) is 16.4. The highest BCUT2D eigenvalue weighted by atomic mass is 35.5. The lowest BCUT2D eigenvalue weighted by atomic mass is 9.71. The van der Waals surface area contributed by atoms with Gasteiger partial charge in [-0.1, -0.05) is 41.9 Å². The SMILES string of the molecule is C=CCN1C(=O)[C@@]2(CC(=O)Nc3c2cnn3-c2cccc(Cl)c2)c2cccc(C)c21. The third-order valence-electron chi connectivity index (χ3n) is 5.85. The second kappa shape index (κ2) is 6.57. The Balaban J connectivity index is 1.78. The largest absolute Gasteiger partial charge is 0.310 e. The van der Waals surface area contributed by atoms with Crippen molar-refractivity contribution in [2.75, 3.05) is 16.8 Å². The van der Waals surface area contributed by atoms with E-state index in [0.29, 0.717) is 28.6 Å². The van der Waals surface area contributed by atoms with E-state index in [2.05, 4.69) is 17.0 Å². The number of carbonyl (C=O) groups excluding carboxylic acids is 2. The Hall–Kier alpha value is -3.38. The predicted octanol–water partition coefficient (Wildman–Crippen LogP) is 4.00. The van der Waals surface area contributed by atoms with Crippen molar-refractivity contribution in [1.82, 2.24) is 9.78 Å². The fraction of sp³-hybridized carbons (Fsp3) is 0.174. The highest BCUT2D eigenvalue weighted by Gasteiger charge is 2.57. The fourth-order valence-corrected chi connectivity index (χ4v) is 4.82. The quantitative estimate of drug-likeness (QED) is 0.654. The Kier molecular flexibility index (Phi) is 4.08. The molecular weight excluding hydrogens is 400 g/mol. The Morgan fingerprint density at radius 2 is 2.03 bits per heavy atom. The van der Waals surface area contributed by atoms with E-state index in [0.717, 1.165) is 16.8 Å². The minimum absolute atomic E-state index is 0.0319. The number of aryl methyl sites for hydroxylation is 1. The average molecular weight is 419 g/mol. The summed E-state index contributed by atoms with van der Waals surface area (Å²) >= 11 is 6.16. The molecule has 1 spiro atoms. The monoisotopic (exact) mass is 418 g/mol. The lowest BCUT2D eigenvalue weighted by Gasteiger charge is -2.32. The second-order valence-corrected chi connectivity index (χ2v) is 8.04. The number of rotatable bonds is 3. The van der Waals surface area contributed by atoms with E-state index < -0.39 is 5.41 Å². The van der Waals surface area contributed by atoms with Crippen molar-refractivity contribution >= 4 is 34.9 Å². The molecule has 0 unspecified atom stereocenters. The number of aromatic nitrogens is 2. The maximum Gasteiger partial charge on any atom is 0.243 e. The van der Waals surface area contributed by atoms with E-state index in [1.807, 2.05) is 37.3 Å². The van der Waals surface area contributed by atoms with Gasteiger partial charge in [-0.3, -0.25) is 9.59 Å². The van der Waals surface area contributed by atoms with Crippen LogP contribution in [0.1, 0.15) is 23.1 Å².